The Morgan fingerprint density at radius 2 is 0.870 bits per heavy atom. The van der Waals surface area contributed by atoms with Crippen LogP contribution in [-0.4, -0.2) is 199 Å². The molecule has 45 heteroatoms. The van der Waals surface area contributed by atoms with E-state index in [-0.39, 0.29) is 294 Å². The predicted molar refractivity (Wildman–Crippen MR) is 548 cm³/mol. The average Bonchev–Trinajstić information content (AvgIpc) is 1.59. The Hall–Kier alpha value is -16.2. The van der Waals surface area contributed by atoms with Crippen molar-refractivity contribution in [2.75, 3.05) is 62.3 Å². The number of nitrogens with zero attached hydrogens (tertiary/aromatic N) is 18. The average molecular weight is 2090 g/mol. The van der Waals surface area contributed by atoms with Gasteiger partial charge in [-0.3, -0.25) is 71.9 Å². The van der Waals surface area contributed by atoms with Crippen LogP contribution < -0.4 is 47.4 Å². The van der Waals surface area contributed by atoms with Gasteiger partial charge in [-0.05, 0) is 82.9 Å². The van der Waals surface area contributed by atoms with Crippen molar-refractivity contribution in [2.45, 2.75) is 113 Å². The van der Waals surface area contributed by atoms with Gasteiger partial charge in [0.25, 0.3) is 41.4 Å². The number of benzene rings is 3. The van der Waals surface area contributed by atoms with E-state index in [0.29, 0.717) is 68.6 Å². The molecule has 1 aliphatic heterocycles. The van der Waals surface area contributed by atoms with Gasteiger partial charge in [-0.1, -0.05) is 60.0 Å². The number of fused-ring (bicyclic) bond motifs is 4. The number of hydrogen-bond acceptors (Lipinski definition) is 23. The molecular weight excluding hydrogens is 1970 g/mol. The third kappa shape index (κ3) is 26.8. The summed E-state index contributed by atoms with van der Waals surface area (Å²) in [5.41, 5.74) is 6.83. The second-order valence-corrected chi connectivity index (χ2v) is 34.2. The molecule has 1 unspecified atom stereocenters. The van der Waals surface area contributed by atoms with E-state index in [1.807, 2.05) is 42.5 Å². The van der Waals surface area contributed by atoms with Gasteiger partial charge < -0.3 is 130 Å². The summed E-state index contributed by atoms with van der Waals surface area (Å²) in [7, 11) is 16.0. The Morgan fingerprint density at radius 3 is 1.42 bits per heavy atom. The minimum absolute atomic E-state index is 0. The standard InChI is InChI=1S/C94H97ClN26O16.CN.4CH4.2CH3.Y/c1-50(122)98-76-46-118(9)86(105-76)92(135)110-79-49-120(11)87(108-79)93(136)109-78-48-117(8)84(107-78)90(133)97-25-23-80(130)104-77-47-119(10)85(106-77)91(134)102-58-35-70(114(5)43-58)89(132)101-57-34-69(113(4)42-57)88(131)96-24-15-17-61(124)33-56-44-115(6)83(99-56)75(129)36-59-45-116(7)82(100-59)74(128)31-53-29-66(111(2)40-53)71(125)20-14-16-60(123)27-52-28-67(112(3)39-52)73(127)30-51-21-22-64-54(26-51)32-65(103-64)94(137)121-41-55(38-95)81-63-19-13-12-18-62(63)72(126)37-68(81)121;1-2;;;;;;;/h12-13,18-19,21-22,26,28-29,32,34-35,37,39-40,42-49,55,103,126H,14-17,20,23-25,27,30-31,33,36,38,41H2,1-11H3,(H,96,131)(H,97,133)(H,98,122)(H,101,132)(H,102,134)(H,104,130)(H,109,136)(H,110,135);;4*1H4;2*1H3;/q;-1;;;;;2*-1;+3. The monoisotopic (exact) mass is 2090 g/mol. The summed E-state index contributed by atoms with van der Waals surface area (Å²) >= 11 is 6.44. The van der Waals surface area contributed by atoms with Gasteiger partial charge >= 0.3 is 32.7 Å². The molecule has 1 atom stereocenters. The fourth-order valence-corrected chi connectivity index (χ4v) is 17.0. The van der Waals surface area contributed by atoms with Crippen molar-refractivity contribution in [2.24, 2.45) is 70.5 Å². The molecule has 146 heavy (non-hydrogen) atoms. The molecule has 10 N–H and O–H groups in total. The minimum Gasteiger partial charge on any atom is -0.512 e. The first-order valence-electron chi connectivity index (χ1n) is 43.7. The van der Waals surface area contributed by atoms with Gasteiger partial charge in [0.15, 0.2) is 46.5 Å². The molecule has 0 spiro atoms. The number of H-pyrrole nitrogens is 1. The second-order valence-electron chi connectivity index (χ2n) is 33.9. The number of phenols is 1. The number of aryl methyl sites for hydroxylation is 10. The van der Waals surface area contributed by atoms with Crippen molar-refractivity contribution in [3.05, 3.63) is 259 Å². The number of carbonyl (C=O) groups is 15. The number of aromatic amines is 1. The van der Waals surface area contributed by atoms with E-state index in [9.17, 15) is 77.0 Å². The molecule has 43 nitrogen and oxygen atoms in total. The summed E-state index contributed by atoms with van der Waals surface area (Å²) in [4.78, 5) is 231. The zero-order valence-electron chi connectivity index (χ0n) is 80.0. The molecule has 9 amide bonds. The minimum atomic E-state index is -0.718. The summed E-state index contributed by atoms with van der Waals surface area (Å²) in [5.74, 6) is -6.16. The number of halogens is 1. The molecular formula is C101H119ClN27O16Y. The van der Waals surface area contributed by atoms with Gasteiger partial charge in [0, 0.05) is 238 Å². The normalized spacial score (nSPS) is 11.5. The summed E-state index contributed by atoms with van der Waals surface area (Å²) in [6, 6.07) is 22.7. The van der Waals surface area contributed by atoms with Gasteiger partial charge in [-0.25, -0.2) is 29.9 Å². The molecule has 0 aliphatic carbocycles. The van der Waals surface area contributed by atoms with Crippen molar-refractivity contribution in [3.8, 4) is 5.75 Å². The van der Waals surface area contributed by atoms with Crippen LogP contribution in [0.5, 0.6) is 5.75 Å². The molecule has 764 valence electrons. The Bertz CT molecular complexity index is 7350. The summed E-state index contributed by atoms with van der Waals surface area (Å²) in [6.45, 7) is 6.38. The molecule has 3 aromatic carbocycles. The van der Waals surface area contributed by atoms with Gasteiger partial charge in [-0.2, -0.15) is 0 Å². The van der Waals surface area contributed by atoms with E-state index in [4.69, 9.17) is 23.4 Å². The van der Waals surface area contributed by atoms with Crippen molar-refractivity contribution in [1.29, 1.82) is 5.26 Å². The third-order valence-corrected chi connectivity index (χ3v) is 23.5. The molecule has 0 bridgehead atoms. The summed E-state index contributed by atoms with van der Waals surface area (Å²) in [6.07, 6.45) is 15.6. The first-order valence-corrected chi connectivity index (χ1v) is 44.2. The SMILES string of the molecule is C.C.C.C.CC(=O)Nc1cn(C)c(C(=O)Nc2cn(C)c(C(=O)Nc3cn(C)c(C(=O)NCCC(=O)Nc4cn(C)c(C(=O)Nc5cc(C(=O)Nc6cc(C(=O)NCCCC(=O)Cc7cn(C)c(C(=O)Cc8cn(C)c(C(=O)Cc9cc(C(=O)CCCC(=O)Cc%10cc(C(=O)Cc%11ccc%12[nH]c(C(=O)N%13CC(CCl)c%14c%13cc(O)c%13ccccc%14%13)cc%12c%11)n(C)c%10)n(C)c9)n8)n7)n(C)c6)n(C)c5)n4)n3)n2)n1.[C-]#N.[CH3-].[CH3-].[Y+3]. The topological polar surface area (TPSA) is 542 Å². The number of anilines is 7. The zero-order valence-corrected chi connectivity index (χ0v) is 83.6. The van der Waals surface area contributed by atoms with Gasteiger partial charge in [0.05, 0.1) is 52.7 Å². The van der Waals surface area contributed by atoms with Crippen LogP contribution in [0.2, 0.25) is 0 Å². The van der Waals surface area contributed by atoms with Crippen LogP contribution in [0.3, 0.4) is 0 Å². The first kappa shape index (κ1) is 117. The number of alkyl halides is 1. The number of phenolic OH excluding ortho intramolecular Hbond substituents is 1. The number of Topliss-reactive ketones (excluding diaryl/α,β-unsaturated/α-hetero) is 6. The summed E-state index contributed by atoms with van der Waals surface area (Å²) < 4.78 is 14.9. The van der Waals surface area contributed by atoms with Crippen molar-refractivity contribution in [3.63, 3.8) is 0 Å². The van der Waals surface area contributed by atoms with Crippen LogP contribution in [0.15, 0.2) is 141 Å². The number of aromatic nitrogens is 17. The fraction of sp³-hybridized carbons (Fsp3) is 0.307. The van der Waals surface area contributed by atoms with Crippen LogP contribution in [0.25, 0.3) is 21.7 Å². The van der Waals surface area contributed by atoms with E-state index in [1.165, 1.54) is 114 Å². The third-order valence-electron chi connectivity index (χ3n) is 23.2. The number of aromatic hydroxyl groups is 1. The van der Waals surface area contributed by atoms with E-state index in [0.717, 1.165) is 21.9 Å². The number of amides is 9. The smallest absolute Gasteiger partial charge is 0.512 e. The molecule has 0 fully saturated rings. The maximum atomic E-state index is 14.1. The zero-order chi connectivity index (χ0) is 99.8. The van der Waals surface area contributed by atoms with Crippen LogP contribution in [-0.2, 0) is 154 Å². The number of imidazole rings is 6. The van der Waals surface area contributed by atoms with Gasteiger partial charge in [-0.15, -0.1) is 11.6 Å². The number of rotatable bonds is 39. The largest absolute Gasteiger partial charge is 3.00 e. The van der Waals surface area contributed by atoms with Crippen molar-refractivity contribution >= 4 is 161 Å². The quantitative estimate of drug-likeness (QED) is 0.00740. The Labute approximate surface area is 873 Å². The number of ketones is 6. The van der Waals surface area contributed by atoms with Gasteiger partial charge in [0.1, 0.15) is 34.4 Å². The molecule has 0 radical (unpaired) electrons. The van der Waals surface area contributed by atoms with Crippen molar-refractivity contribution < 1.29 is 110 Å². The fourth-order valence-electron chi connectivity index (χ4n) is 16.7. The van der Waals surface area contributed by atoms with Crippen molar-refractivity contribution in [1.82, 2.24) is 91.2 Å². The van der Waals surface area contributed by atoms with Gasteiger partial charge in [0.2, 0.25) is 46.7 Å². The maximum Gasteiger partial charge on any atom is 3.00 e. The Morgan fingerprint density at radius 1 is 0.418 bits per heavy atom. The second kappa shape index (κ2) is 50.1. The molecule has 15 rings (SSSR count). The number of carbonyl (C=O) groups excluding carboxylic acids is 15. The van der Waals surface area contributed by atoms with E-state index in [1.54, 1.807) is 112 Å². The molecule has 1 aliphatic rings. The first-order chi connectivity index (χ1) is 66.3. The van der Waals surface area contributed by atoms with Crippen LogP contribution in [0.1, 0.15) is 231 Å². The van der Waals surface area contributed by atoms with Crippen LogP contribution >= 0.6 is 11.6 Å². The molecule has 12 heterocycles. The van der Waals surface area contributed by atoms with Crippen LogP contribution in [0.4, 0.5) is 40.3 Å². The molecule has 0 saturated carbocycles. The van der Waals surface area contributed by atoms with E-state index >= 15 is 0 Å². The van der Waals surface area contributed by atoms with E-state index in [2.05, 4.69) is 77.4 Å². The maximum absolute atomic E-state index is 14.1. The molecule has 14 aromatic rings. The number of nitrogens with one attached hydrogen (secondary N) is 9. The molecule has 0 saturated heterocycles. The Balaban J connectivity index is 0.00000319. The van der Waals surface area contributed by atoms with E-state index < -0.39 is 47.1 Å². The predicted octanol–water partition coefficient (Wildman–Crippen LogP) is 11.8. The Kier molecular flexibility index (Phi) is 40.1. The summed E-state index contributed by atoms with van der Waals surface area (Å²) in [5, 5.41) is 40.5. The number of hydrogen-bond donors (Lipinski definition) is 10. The molecule has 11 aromatic heterocycles. The van der Waals surface area contributed by atoms with Crippen LogP contribution in [0, 0.1) is 26.7 Å².